The van der Waals surface area contributed by atoms with E-state index in [-0.39, 0.29) is 0 Å². The summed E-state index contributed by atoms with van der Waals surface area (Å²) in [6, 6.07) is 7.48. The fraction of sp³-hybridized carbons (Fsp3) is 0.357. The minimum Gasteiger partial charge on any atom is -0.494 e. The van der Waals surface area contributed by atoms with Gasteiger partial charge in [-0.3, -0.25) is 0 Å². The first kappa shape index (κ1) is 13.3. The Morgan fingerprint density at radius 3 is 2.68 bits per heavy atom. The molecule has 0 aliphatic rings. The number of benzene rings is 1. The van der Waals surface area contributed by atoms with Crippen molar-refractivity contribution in [1.82, 2.24) is 9.78 Å². The molecule has 2 N–H and O–H groups in total. The standard InChI is InChI=1S/C14H19N3O2/c1-4-17-14(13(15)10(3)16-17)19-12-8-6-7-11(9-12)18-5-2/h6-9H,4-5,15H2,1-3H3. The number of nitrogens with zero attached hydrogens (tertiary/aromatic N) is 2. The predicted molar refractivity (Wildman–Crippen MR) is 74.7 cm³/mol. The second kappa shape index (κ2) is 5.65. The number of rotatable bonds is 5. The molecule has 0 spiro atoms. The minimum atomic E-state index is 0.573. The monoisotopic (exact) mass is 261 g/mol. The molecule has 1 aromatic carbocycles. The molecule has 0 aliphatic heterocycles. The lowest BCUT2D eigenvalue weighted by atomic mass is 10.3. The van der Waals surface area contributed by atoms with Crippen LogP contribution in [-0.4, -0.2) is 16.4 Å². The number of aromatic nitrogens is 2. The van der Waals surface area contributed by atoms with Crippen LogP contribution in [0.5, 0.6) is 17.4 Å². The van der Waals surface area contributed by atoms with E-state index < -0.39 is 0 Å². The highest BCUT2D eigenvalue weighted by molar-refractivity contribution is 5.54. The molecular weight excluding hydrogens is 242 g/mol. The van der Waals surface area contributed by atoms with Crippen LogP contribution in [-0.2, 0) is 6.54 Å². The third kappa shape index (κ3) is 2.81. The molecule has 5 heteroatoms. The van der Waals surface area contributed by atoms with Gasteiger partial charge in [0.25, 0.3) is 0 Å². The number of hydrogen-bond acceptors (Lipinski definition) is 4. The van der Waals surface area contributed by atoms with Gasteiger partial charge in [0.05, 0.1) is 12.3 Å². The van der Waals surface area contributed by atoms with Crippen molar-refractivity contribution in [3.8, 4) is 17.4 Å². The van der Waals surface area contributed by atoms with Crippen molar-refractivity contribution in [2.24, 2.45) is 0 Å². The normalized spacial score (nSPS) is 10.5. The maximum atomic E-state index is 5.98. The van der Waals surface area contributed by atoms with E-state index in [1.54, 1.807) is 4.68 Å². The summed E-state index contributed by atoms with van der Waals surface area (Å²) < 4.78 is 13.0. The number of hydrogen-bond donors (Lipinski definition) is 1. The molecule has 0 atom stereocenters. The highest BCUT2D eigenvalue weighted by Gasteiger charge is 2.13. The molecule has 0 fully saturated rings. The summed E-state index contributed by atoms with van der Waals surface area (Å²) >= 11 is 0. The molecule has 19 heavy (non-hydrogen) atoms. The lowest BCUT2D eigenvalue weighted by Gasteiger charge is -2.09. The smallest absolute Gasteiger partial charge is 0.241 e. The first-order valence-electron chi connectivity index (χ1n) is 6.39. The van der Waals surface area contributed by atoms with E-state index in [0.29, 0.717) is 30.5 Å². The van der Waals surface area contributed by atoms with Crippen LogP contribution < -0.4 is 15.2 Å². The lowest BCUT2D eigenvalue weighted by molar-refractivity contribution is 0.337. The largest absolute Gasteiger partial charge is 0.494 e. The van der Waals surface area contributed by atoms with Crippen LogP contribution in [0.2, 0.25) is 0 Å². The van der Waals surface area contributed by atoms with Gasteiger partial charge in [0.2, 0.25) is 5.88 Å². The summed E-state index contributed by atoms with van der Waals surface area (Å²) in [5.41, 5.74) is 7.33. The van der Waals surface area contributed by atoms with E-state index in [2.05, 4.69) is 5.10 Å². The van der Waals surface area contributed by atoms with Crippen molar-refractivity contribution in [3.63, 3.8) is 0 Å². The van der Waals surface area contributed by atoms with E-state index in [9.17, 15) is 0 Å². The molecule has 0 radical (unpaired) electrons. The molecule has 2 aromatic rings. The van der Waals surface area contributed by atoms with E-state index in [1.165, 1.54) is 0 Å². The fourth-order valence-corrected chi connectivity index (χ4v) is 1.80. The zero-order valence-corrected chi connectivity index (χ0v) is 11.5. The number of nitrogen functional groups attached to an aromatic ring is 1. The fourth-order valence-electron chi connectivity index (χ4n) is 1.80. The van der Waals surface area contributed by atoms with Gasteiger partial charge in [-0.2, -0.15) is 5.10 Å². The highest BCUT2D eigenvalue weighted by Crippen LogP contribution is 2.31. The van der Waals surface area contributed by atoms with E-state index in [0.717, 1.165) is 11.4 Å². The summed E-state index contributed by atoms with van der Waals surface area (Å²) in [5, 5.41) is 4.32. The van der Waals surface area contributed by atoms with Gasteiger partial charge in [0, 0.05) is 12.6 Å². The molecule has 0 bridgehead atoms. The molecule has 102 valence electrons. The van der Waals surface area contributed by atoms with Crippen molar-refractivity contribution < 1.29 is 9.47 Å². The van der Waals surface area contributed by atoms with Gasteiger partial charge in [-0.25, -0.2) is 4.68 Å². The van der Waals surface area contributed by atoms with Crippen LogP contribution >= 0.6 is 0 Å². The van der Waals surface area contributed by atoms with E-state index in [4.69, 9.17) is 15.2 Å². The zero-order valence-electron chi connectivity index (χ0n) is 11.5. The molecular formula is C14H19N3O2. The molecule has 0 saturated carbocycles. The van der Waals surface area contributed by atoms with Gasteiger partial charge >= 0.3 is 0 Å². The first-order chi connectivity index (χ1) is 9.15. The second-order valence-corrected chi connectivity index (χ2v) is 4.13. The van der Waals surface area contributed by atoms with Crippen molar-refractivity contribution in [3.05, 3.63) is 30.0 Å². The Kier molecular flexibility index (Phi) is 3.94. The Balaban J connectivity index is 2.28. The van der Waals surface area contributed by atoms with Gasteiger partial charge in [0.15, 0.2) is 0 Å². The van der Waals surface area contributed by atoms with Crippen LogP contribution in [0.3, 0.4) is 0 Å². The van der Waals surface area contributed by atoms with Crippen LogP contribution in [0.4, 0.5) is 5.69 Å². The molecule has 2 rings (SSSR count). The molecule has 0 saturated heterocycles. The third-order valence-electron chi connectivity index (χ3n) is 2.76. The summed E-state index contributed by atoms with van der Waals surface area (Å²) in [5.74, 6) is 2.04. The topological polar surface area (TPSA) is 62.3 Å². The SMILES string of the molecule is CCOc1cccc(Oc2c(N)c(C)nn2CC)c1. The Labute approximate surface area is 112 Å². The molecule has 1 aromatic heterocycles. The van der Waals surface area contributed by atoms with E-state index >= 15 is 0 Å². The van der Waals surface area contributed by atoms with Gasteiger partial charge in [-0.15, -0.1) is 0 Å². The summed E-state index contributed by atoms with van der Waals surface area (Å²) in [4.78, 5) is 0. The molecule has 0 amide bonds. The molecule has 1 heterocycles. The van der Waals surface area contributed by atoms with Crippen molar-refractivity contribution >= 4 is 5.69 Å². The summed E-state index contributed by atoms with van der Waals surface area (Å²) in [6.45, 7) is 7.14. The molecule has 5 nitrogen and oxygen atoms in total. The Morgan fingerprint density at radius 1 is 1.26 bits per heavy atom. The highest BCUT2D eigenvalue weighted by atomic mass is 16.5. The van der Waals surface area contributed by atoms with Gasteiger partial charge in [0.1, 0.15) is 17.2 Å². The quantitative estimate of drug-likeness (QED) is 0.898. The Bertz CT molecular complexity index is 564. The Hall–Kier alpha value is -2.17. The first-order valence-corrected chi connectivity index (χ1v) is 6.39. The number of aryl methyl sites for hydroxylation is 2. The molecule has 0 unspecified atom stereocenters. The maximum Gasteiger partial charge on any atom is 0.241 e. The van der Waals surface area contributed by atoms with E-state index in [1.807, 2.05) is 45.0 Å². The van der Waals surface area contributed by atoms with Crippen molar-refractivity contribution in [1.29, 1.82) is 0 Å². The number of anilines is 1. The predicted octanol–water partition coefficient (Wildman–Crippen LogP) is 2.98. The van der Waals surface area contributed by atoms with Crippen LogP contribution in [0.25, 0.3) is 0 Å². The minimum absolute atomic E-state index is 0.573. The summed E-state index contributed by atoms with van der Waals surface area (Å²) in [7, 11) is 0. The average molecular weight is 261 g/mol. The van der Waals surface area contributed by atoms with Gasteiger partial charge in [-0.1, -0.05) is 6.07 Å². The van der Waals surface area contributed by atoms with Crippen LogP contribution in [0.1, 0.15) is 19.5 Å². The lowest BCUT2D eigenvalue weighted by Crippen LogP contribution is -2.01. The summed E-state index contributed by atoms with van der Waals surface area (Å²) in [6.07, 6.45) is 0. The Morgan fingerprint density at radius 2 is 2.00 bits per heavy atom. The second-order valence-electron chi connectivity index (χ2n) is 4.13. The number of ether oxygens (including phenoxy) is 2. The molecule has 0 aliphatic carbocycles. The zero-order chi connectivity index (χ0) is 13.8. The maximum absolute atomic E-state index is 5.98. The van der Waals surface area contributed by atoms with Crippen LogP contribution in [0.15, 0.2) is 24.3 Å². The van der Waals surface area contributed by atoms with Gasteiger partial charge in [-0.05, 0) is 32.9 Å². The average Bonchev–Trinajstić information content (AvgIpc) is 2.67. The van der Waals surface area contributed by atoms with Crippen molar-refractivity contribution in [2.75, 3.05) is 12.3 Å². The van der Waals surface area contributed by atoms with Crippen LogP contribution in [0, 0.1) is 6.92 Å². The third-order valence-corrected chi connectivity index (χ3v) is 2.76. The van der Waals surface area contributed by atoms with Gasteiger partial charge < -0.3 is 15.2 Å². The number of nitrogens with two attached hydrogens (primary N) is 1. The van der Waals surface area contributed by atoms with Crippen molar-refractivity contribution in [2.45, 2.75) is 27.3 Å².